The van der Waals surface area contributed by atoms with Gasteiger partial charge in [0.25, 0.3) is 0 Å². The van der Waals surface area contributed by atoms with E-state index < -0.39 is 11.5 Å². The molecule has 1 aliphatic carbocycles. The van der Waals surface area contributed by atoms with Gasteiger partial charge in [0.2, 0.25) is 0 Å². The second-order valence-corrected chi connectivity index (χ2v) is 4.80. The van der Waals surface area contributed by atoms with E-state index in [-0.39, 0.29) is 6.03 Å². The van der Waals surface area contributed by atoms with Gasteiger partial charge in [-0.3, -0.25) is 0 Å². The topological polar surface area (TPSA) is 78.9 Å². The third-order valence-corrected chi connectivity index (χ3v) is 3.59. The van der Waals surface area contributed by atoms with Crippen molar-refractivity contribution in [2.24, 2.45) is 0 Å². The van der Waals surface area contributed by atoms with Gasteiger partial charge >= 0.3 is 12.0 Å². The van der Waals surface area contributed by atoms with Crippen molar-refractivity contribution in [3.8, 4) is 0 Å². The maximum Gasteiger partial charge on any atom is 0.329 e. The molecule has 6 nitrogen and oxygen atoms in total. The molecule has 1 fully saturated rings. The average Bonchev–Trinajstić information content (AvgIpc) is 2.84. The van der Waals surface area contributed by atoms with Gasteiger partial charge in [0.05, 0.1) is 6.61 Å². The van der Waals surface area contributed by atoms with Gasteiger partial charge in [0.1, 0.15) is 5.54 Å². The van der Waals surface area contributed by atoms with Crippen LogP contribution in [0.3, 0.4) is 0 Å². The first-order valence-electron chi connectivity index (χ1n) is 6.94. The minimum absolute atomic E-state index is 0.313. The van der Waals surface area contributed by atoms with E-state index in [4.69, 9.17) is 4.74 Å². The summed E-state index contributed by atoms with van der Waals surface area (Å²) in [5.41, 5.74) is -1.07. The molecule has 0 saturated heterocycles. The highest BCUT2D eigenvalue weighted by molar-refractivity contribution is 5.86. The number of rotatable bonds is 7. The van der Waals surface area contributed by atoms with Crippen LogP contribution in [0.15, 0.2) is 0 Å². The zero-order valence-electron chi connectivity index (χ0n) is 11.8. The molecule has 0 atom stereocenters. The van der Waals surface area contributed by atoms with Gasteiger partial charge in [0, 0.05) is 19.7 Å². The first-order valence-corrected chi connectivity index (χ1v) is 6.94. The molecule has 1 saturated carbocycles. The molecule has 0 bridgehead atoms. The number of carbonyl (C=O) groups is 2. The van der Waals surface area contributed by atoms with Crippen molar-refractivity contribution in [3.05, 3.63) is 0 Å². The van der Waals surface area contributed by atoms with Gasteiger partial charge in [-0.1, -0.05) is 12.8 Å². The SMILES string of the molecule is CCOCCN(CC)C(=O)NC1(C(=O)O)CCCC1. The van der Waals surface area contributed by atoms with Crippen molar-refractivity contribution >= 4 is 12.0 Å². The highest BCUT2D eigenvalue weighted by Crippen LogP contribution is 2.30. The van der Waals surface area contributed by atoms with Crippen molar-refractivity contribution in [1.82, 2.24) is 10.2 Å². The number of urea groups is 1. The average molecular weight is 272 g/mol. The molecule has 0 heterocycles. The van der Waals surface area contributed by atoms with Crippen molar-refractivity contribution in [1.29, 1.82) is 0 Å². The molecule has 2 amide bonds. The van der Waals surface area contributed by atoms with Gasteiger partial charge in [-0.25, -0.2) is 9.59 Å². The second kappa shape index (κ2) is 7.33. The van der Waals surface area contributed by atoms with Crippen LogP contribution in [0.25, 0.3) is 0 Å². The summed E-state index contributed by atoms with van der Waals surface area (Å²) in [6.45, 7) is 5.86. The molecule has 2 N–H and O–H groups in total. The Balaban J connectivity index is 2.57. The molecular formula is C13H24N2O4. The number of ether oxygens (including phenoxy) is 1. The number of carboxylic acids is 1. The lowest BCUT2D eigenvalue weighted by Gasteiger charge is -2.29. The number of nitrogens with one attached hydrogen (secondary N) is 1. The summed E-state index contributed by atoms with van der Waals surface area (Å²) in [6.07, 6.45) is 2.71. The van der Waals surface area contributed by atoms with E-state index in [1.165, 1.54) is 0 Å². The van der Waals surface area contributed by atoms with E-state index >= 15 is 0 Å². The van der Waals surface area contributed by atoms with E-state index in [0.717, 1.165) is 12.8 Å². The summed E-state index contributed by atoms with van der Waals surface area (Å²) in [7, 11) is 0. The number of carboxylic acid groups (broad SMARTS) is 1. The molecule has 0 unspecified atom stereocenters. The summed E-state index contributed by atoms with van der Waals surface area (Å²) < 4.78 is 5.22. The quantitative estimate of drug-likeness (QED) is 0.688. The number of nitrogens with zero attached hydrogens (tertiary/aromatic N) is 1. The molecule has 0 spiro atoms. The molecule has 1 rings (SSSR count). The van der Waals surface area contributed by atoms with Gasteiger partial charge in [0.15, 0.2) is 0 Å². The molecule has 110 valence electrons. The first-order chi connectivity index (χ1) is 9.05. The monoisotopic (exact) mass is 272 g/mol. The van der Waals surface area contributed by atoms with Gasteiger partial charge < -0.3 is 20.1 Å². The Morgan fingerprint density at radius 1 is 1.32 bits per heavy atom. The van der Waals surface area contributed by atoms with Crippen molar-refractivity contribution in [2.75, 3.05) is 26.3 Å². The largest absolute Gasteiger partial charge is 0.480 e. The highest BCUT2D eigenvalue weighted by atomic mass is 16.5. The maximum absolute atomic E-state index is 12.1. The molecular weight excluding hydrogens is 248 g/mol. The van der Waals surface area contributed by atoms with E-state index in [2.05, 4.69) is 5.32 Å². The van der Waals surface area contributed by atoms with Crippen LogP contribution in [0.5, 0.6) is 0 Å². The standard InChI is InChI=1S/C13H24N2O4/c1-3-15(9-10-19-4-2)12(18)14-13(11(16)17)7-5-6-8-13/h3-10H2,1-2H3,(H,14,18)(H,16,17). The summed E-state index contributed by atoms with van der Waals surface area (Å²) in [5, 5.41) is 12.0. The minimum Gasteiger partial charge on any atom is -0.480 e. The summed E-state index contributed by atoms with van der Waals surface area (Å²) in [5.74, 6) is -0.931. The number of likely N-dealkylation sites (N-methyl/N-ethyl adjacent to an activating group) is 1. The Morgan fingerprint density at radius 2 is 1.95 bits per heavy atom. The fourth-order valence-electron chi connectivity index (χ4n) is 2.38. The third kappa shape index (κ3) is 4.09. The molecule has 0 aliphatic heterocycles. The van der Waals surface area contributed by atoms with Crippen LogP contribution in [0.4, 0.5) is 4.79 Å². The van der Waals surface area contributed by atoms with E-state index in [1.807, 2.05) is 13.8 Å². The Morgan fingerprint density at radius 3 is 2.42 bits per heavy atom. The maximum atomic E-state index is 12.1. The number of hydrogen-bond acceptors (Lipinski definition) is 3. The van der Waals surface area contributed by atoms with Crippen LogP contribution in [0, 0.1) is 0 Å². The number of carbonyl (C=O) groups excluding carboxylic acids is 1. The molecule has 0 aromatic heterocycles. The Bertz CT molecular complexity index is 314. The number of amides is 2. The smallest absolute Gasteiger partial charge is 0.329 e. The molecule has 1 aliphatic rings. The molecule has 0 aromatic carbocycles. The van der Waals surface area contributed by atoms with Crippen LogP contribution in [-0.4, -0.2) is 53.8 Å². The van der Waals surface area contributed by atoms with Crippen LogP contribution in [0.1, 0.15) is 39.5 Å². The van der Waals surface area contributed by atoms with Crippen molar-refractivity contribution in [3.63, 3.8) is 0 Å². The molecule has 0 aromatic rings. The lowest BCUT2D eigenvalue weighted by Crippen LogP contribution is -2.56. The van der Waals surface area contributed by atoms with Gasteiger partial charge in [-0.05, 0) is 26.7 Å². The van der Waals surface area contributed by atoms with Crippen LogP contribution in [-0.2, 0) is 9.53 Å². The lowest BCUT2D eigenvalue weighted by molar-refractivity contribution is -0.144. The Labute approximate surface area is 114 Å². The normalized spacial score (nSPS) is 17.2. The highest BCUT2D eigenvalue weighted by Gasteiger charge is 2.43. The predicted molar refractivity (Wildman–Crippen MR) is 71.1 cm³/mol. The molecule has 19 heavy (non-hydrogen) atoms. The Kier molecular flexibility index (Phi) is 6.08. The zero-order chi connectivity index (χ0) is 14.3. The van der Waals surface area contributed by atoms with Crippen LogP contribution < -0.4 is 5.32 Å². The first kappa shape index (κ1) is 15.8. The Hall–Kier alpha value is -1.30. The van der Waals surface area contributed by atoms with Crippen LogP contribution in [0.2, 0.25) is 0 Å². The fourth-order valence-corrected chi connectivity index (χ4v) is 2.38. The number of aliphatic carboxylic acids is 1. The fraction of sp³-hybridized carbons (Fsp3) is 0.846. The second-order valence-electron chi connectivity index (χ2n) is 4.80. The summed E-state index contributed by atoms with van der Waals surface area (Å²) in [6, 6.07) is -0.313. The van der Waals surface area contributed by atoms with E-state index in [9.17, 15) is 14.7 Å². The van der Waals surface area contributed by atoms with Gasteiger partial charge in [-0.15, -0.1) is 0 Å². The van der Waals surface area contributed by atoms with E-state index in [1.54, 1.807) is 4.90 Å². The van der Waals surface area contributed by atoms with Crippen LogP contribution >= 0.6 is 0 Å². The lowest BCUT2D eigenvalue weighted by atomic mass is 9.98. The zero-order valence-corrected chi connectivity index (χ0v) is 11.8. The van der Waals surface area contributed by atoms with Crippen molar-refractivity contribution in [2.45, 2.75) is 45.1 Å². The minimum atomic E-state index is -1.07. The van der Waals surface area contributed by atoms with E-state index in [0.29, 0.717) is 39.1 Å². The predicted octanol–water partition coefficient (Wildman–Crippen LogP) is 1.45. The summed E-state index contributed by atoms with van der Waals surface area (Å²) in [4.78, 5) is 25.1. The van der Waals surface area contributed by atoms with Gasteiger partial charge in [-0.2, -0.15) is 0 Å². The number of hydrogen-bond donors (Lipinski definition) is 2. The molecule has 0 radical (unpaired) electrons. The summed E-state index contributed by atoms with van der Waals surface area (Å²) >= 11 is 0. The third-order valence-electron chi connectivity index (χ3n) is 3.59. The van der Waals surface area contributed by atoms with Crippen molar-refractivity contribution < 1.29 is 19.4 Å². The molecule has 6 heteroatoms.